The van der Waals surface area contributed by atoms with E-state index in [-0.39, 0.29) is 23.3 Å². The van der Waals surface area contributed by atoms with Gasteiger partial charge in [0.1, 0.15) is 23.8 Å². The summed E-state index contributed by atoms with van der Waals surface area (Å²) in [5.74, 6) is 0.172. The zero-order chi connectivity index (χ0) is 23.5. The van der Waals surface area contributed by atoms with Crippen molar-refractivity contribution in [1.82, 2.24) is 4.90 Å². The highest BCUT2D eigenvalue weighted by Crippen LogP contribution is 2.31. The Labute approximate surface area is 202 Å². The van der Waals surface area contributed by atoms with Crippen molar-refractivity contribution in [2.24, 2.45) is 0 Å². The molecule has 1 aliphatic rings. The highest BCUT2D eigenvalue weighted by atomic mass is 35.5. The molecular formula is C25H21ClN2O4S. The molecule has 0 bridgehead atoms. The predicted molar refractivity (Wildman–Crippen MR) is 132 cm³/mol. The molecule has 1 aliphatic heterocycles. The molecule has 33 heavy (non-hydrogen) atoms. The van der Waals surface area contributed by atoms with Crippen LogP contribution in [-0.2, 0) is 20.7 Å². The third-order valence-corrected chi connectivity index (χ3v) is 5.91. The topological polar surface area (TPSA) is 63.0 Å². The van der Waals surface area contributed by atoms with Crippen molar-refractivity contribution < 1.29 is 18.7 Å². The molecule has 0 spiro atoms. The van der Waals surface area contributed by atoms with E-state index >= 15 is 0 Å². The lowest BCUT2D eigenvalue weighted by molar-refractivity contribution is -0.140. The van der Waals surface area contributed by atoms with Crippen molar-refractivity contribution in [2.45, 2.75) is 13.3 Å². The average Bonchev–Trinajstić information content (AvgIpc) is 3.38. The standard InChI is InChI=1S/C25H21ClN2O4S/c1-3-16-7-9-19(10-8-16)28-24(30)21(27(25(28)33)15-23(29)31-2)14-20-11-12-22(32-20)17-5-4-6-18(26)13-17/h4-14H,3,15H2,1-2H3/b21-14-. The smallest absolute Gasteiger partial charge is 0.325 e. The minimum Gasteiger partial charge on any atom is -0.468 e. The van der Waals surface area contributed by atoms with E-state index in [2.05, 4.69) is 6.92 Å². The molecular weight excluding hydrogens is 460 g/mol. The van der Waals surface area contributed by atoms with E-state index < -0.39 is 5.97 Å². The number of nitrogens with zero attached hydrogens (tertiary/aromatic N) is 2. The Morgan fingerprint density at radius 3 is 2.58 bits per heavy atom. The number of methoxy groups -OCH3 is 1. The van der Waals surface area contributed by atoms with Crippen LogP contribution in [0.1, 0.15) is 18.2 Å². The second-order valence-corrected chi connectivity index (χ2v) is 8.15. The molecule has 168 valence electrons. The lowest BCUT2D eigenvalue weighted by atomic mass is 10.1. The zero-order valence-electron chi connectivity index (χ0n) is 18.1. The molecule has 3 aromatic rings. The second-order valence-electron chi connectivity index (χ2n) is 7.35. The Bertz CT molecular complexity index is 1250. The van der Waals surface area contributed by atoms with Gasteiger partial charge in [-0.15, -0.1) is 0 Å². The number of ether oxygens (including phenoxy) is 1. The number of hydrogen-bond acceptors (Lipinski definition) is 5. The molecule has 0 aliphatic carbocycles. The van der Waals surface area contributed by atoms with Gasteiger partial charge in [0.15, 0.2) is 5.11 Å². The third-order valence-electron chi connectivity index (χ3n) is 5.27. The first-order valence-electron chi connectivity index (χ1n) is 10.3. The molecule has 0 radical (unpaired) electrons. The molecule has 0 N–H and O–H groups in total. The molecule has 0 atom stereocenters. The van der Waals surface area contributed by atoms with Gasteiger partial charge in [-0.3, -0.25) is 14.5 Å². The summed E-state index contributed by atoms with van der Waals surface area (Å²) >= 11 is 11.7. The fourth-order valence-electron chi connectivity index (χ4n) is 3.50. The largest absolute Gasteiger partial charge is 0.468 e. The van der Waals surface area contributed by atoms with Crippen molar-refractivity contribution in [1.29, 1.82) is 0 Å². The van der Waals surface area contributed by atoms with Crippen LogP contribution in [0.5, 0.6) is 0 Å². The summed E-state index contributed by atoms with van der Waals surface area (Å²) in [6.45, 7) is 1.86. The molecule has 0 unspecified atom stereocenters. The summed E-state index contributed by atoms with van der Waals surface area (Å²) in [6.07, 6.45) is 2.46. The Morgan fingerprint density at radius 2 is 1.91 bits per heavy atom. The summed E-state index contributed by atoms with van der Waals surface area (Å²) in [5.41, 5.74) is 2.79. The number of amides is 1. The fourth-order valence-corrected chi connectivity index (χ4v) is 4.04. The normalized spacial score (nSPS) is 14.9. The number of benzene rings is 2. The highest BCUT2D eigenvalue weighted by Gasteiger charge is 2.40. The summed E-state index contributed by atoms with van der Waals surface area (Å²) in [7, 11) is 1.29. The second kappa shape index (κ2) is 9.60. The number of carbonyl (C=O) groups excluding carboxylic acids is 2. The quantitative estimate of drug-likeness (QED) is 0.270. The number of carbonyl (C=O) groups is 2. The maximum absolute atomic E-state index is 13.4. The molecule has 2 heterocycles. The van der Waals surface area contributed by atoms with E-state index in [1.54, 1.807) is 30.3 Å². The van der Waals surface area contributed by atoms with Crippen LogP contribution in [0.25, 0.3) is 17.4 Å². The van der Waals surface area contributed by atoms with Crippen molar-refractivity contribution in [3.8, 4) is 11.3 Å². The zero-order valence-corrected chi connectivity index (χ0v) is 19.7. The maximum Gasteiger partial charge on any atom is 0.325 e. The number of esters is 1. The first-order valence-corrected chi connectivity index (χ1v) is 11.1. The fraction of sp³-hybridized carbons (Fsp3) is 0.160. The molecule has 4 rings (SSSR count). The monoisotopic (exact) mass is 480 g/mol. The van der Waals surface area contributed by atoms with Crippen LogP contribution in [0, 0.1) is 0 Å². The van der Waals surface area contributed by atoms with E-state index in [9.17, 15) is 9.59 Å². The molecule has 1 saturated heterocycles. The Balaban J connectivity index is 1.71. The van der Waals surface area contributed by atoms with Gasteiger partial charge in [-0.2, -0.15) is 0 Å². The van der Waals surface area contributed by atoms with Gasteiger partial charge in [0.05, 0.1) is 12.8 Å². The number of halogens is 1. The number of anilines is 1. The third kappa shape index (κ3) is 4.69. The van der Waals surface area contributed by atoms with Gasteiger partial charge in [-0.05, 0) is 60.6 Å². The van der Waals surface area contributed by atoms with Gasteiger partial charge in [0, 0.05) is 16.7 Å². The average molecular weight is 481 g/mol. The van der Waals surface area contributed by atoms with Crippen LogP contribution < -0.4 is 4.90 Å². The highest BCUT2D eigenvalue weighted by molar-refractivity contribution is 7.80. The molecule has 1 aromatic heterocycles. The lowest BCUT2D eigenvalue weighted by Crippen LogP contribution is -2.35. The Hall–Kier alpha value is -3.42. The number of aryl methyl sites for hydroxylation is 1. The summed E-state index contributed by atoms with van der Waals surface area (Å²) in [6, 6.07) is 18.4. The van der Waals surface area contributed by atoms with Gasteiger partial charge >= 0.3 is 5.97 Å². The van der Waals surface area contributed by atoms with Gasteiger partial charge in [-0.1, -0.05) is 42.8 Å². The van der Waals surface area contributed by atoms with Gasteiger partial charge < -0.3 is 14.1 Å². The number of hydrogen-bond donors (Lipinski definition) is 0. The van der Waals surface area contributed by atoms with Gasteiger partial charge in [0.2, 0.25) is 0 Å². The SMILES string of the molecule is CCc1ccc(N2C(=O)/C(=C/c3ccc(-c4cccc(Cl)c4)o3)N(CC(=O)OC)C2=S)cc1. The summed E-state index contributed by atoms with van der Waals surface area (Å²) in [4.78, 5) is 28.3. The molecule has 6 nitrogen and oxygen atoms in total. The van der Waals surface area contributed by atoms with Crippen molar-refractivity contribution in [3.63, 3.8) is 0 Å². The minimum atomic E-state index is -0.515. The number of thiocarbonyl (C=S) groups is 1. The van der Waals surface area contributed by atoms with Crippen LogP contribution in [0.4, 0.5) is 5.69 Å². The molecule has 0 saturated carbocycles. The van der Waals surface area contributed by atoms with Gasteiger partial charge in [-0.25, -0.2) is 0 Å². The molecule has 1 fully saturated rings. The maximum atomic E-state index is 13.4. The van der Waals surface area contributed by atoms with Gasteiger partial charge in [0.25, 0.3) is 5.91 Å². The minimum absolute atomic E-state index is 0.196. The van der Waals surface area contributed by atoms with Crippen molar-refractivity contribution >= 4 is 52.6 Å². The summed E-state index contributed by atoms with van der Waals surface area (Å²) < 4.78 is 10.7. The number of rotatable bonds is 6. The Kier molecular flexibility index (Phi) is 6.62. The van der Waals surface area contributed by atoms with E-state index in [4.69, 9.17) is 33.0 Å². The van der Waals surface area contributed by atoms with Crippen LogP contribution in [-0.4, -0.2) is 35.5 Å². The summed E-state index contributed by atoms with van der Waals surface area (Å²) in [5, 5.41) is 0.789. The first kappa shape index (κ1) is 22.8. The van der Waals surface area contributed by atoms with E-state index in [1.807, 2.05) is 36.4 Å². The van der Waals surface area contributed by atoms with E-state index in [0.717, 1.165) is 17.5 Å². The molecule has 1 amide bonds. The van der Waals surface area contributed by atoms with Crippen LogP contribution >= 0.6 is 23.8 Å². The van der Waals surface area contributed by atoms with E-state index in [0.29, 0.717) is 22.2 Å². The lowest BCUT2D eigenvalue weighted by Gasteiger charge is -2.19. The Morgan fingerprint density at radius 1 is 1.15 bits per heavy atom. The van der Waals surface area contributed by atoms with Crippen LogP contribution in [0.2, 0.25) is 5.02 Å². The molecule has 2 aromatic carbocycles. The van der Waals surface area contributed by atoms with Crippen molar-refractivity contribution in [2.75, 3.05) is 18.6 Å². The molecule has 8 heteroatoms. The van der Waals surface area contributed by atoms with Crippen LogP contribution in [0.3, 0.4) is 0 Å². The van der Waals surface area contributed by atoms with Crippen LogP contribution in [0.15, 0.2) is 70.8 Å². The van der Waals surface area contributed by atoms with E-state index in [1.165, 1.54) is 16.9 Å². The van der Waals surface area contributed by atoms with Crippen molar-refractivity contribution in [3.05, 3.63) is 82.7 Å². The first-order chi connectivity index (χ1) is 15.9. The predicted octanol–water partition coefficient (Wildman–Crippen LogP) is 5.31. The number of furan rings is 1.